The molecule has 0 aromatic heterocycles. The van der Waals surface area contributed by atoms with Crippen molar-refractivity contribution in [2.75, 3.05) is 29.9 Å². The Balaban J connectivity index is 1.95. The van der Waals surface area contributed by atoms with Gasteiger partial charge in [0.2, 0.25) is 0 Å². The number of hydrogen-bond donors (Lipinski definition) is 3. The lowest BCUT2D eigenvalue weighted by Crippen LogP contribution is -2.34. The van der Waals surface area contributed by atoms with Gasteiger partial charge in [-0.25, -0.2) is 9.18 Å². The fourth-order valence-corrected chi connectivity index (χ4v) is 2.85. The van der Waals surface area contributed by atoms with Crippen molar-refractivity contribution in [2.24, 2.45) is 5.92 Å². The van der Waals surface area contributed by atoms with E-state index in [0.29, 0.717) is 18.7 Å². The van der Waals surface area contributed by atoms with Crippen LogP contribution in [0.25, 0.3) is 0 Å². The summed E-state index contributed by atoms with van der Waals surface area (Å²) in [6, 6.07) is 4.12. The Morgan fingerprint density at radius 2 is 2.00 bits per heavy atom. The van der Waals surface area contributed by atoms with E-state index in [1.165, 1.54) is 18.6 Å². The number of anilines is 2. The molecule has 1 heterocycles. The number of carbonyl (C=O) groups is 1. The predicted molar refractivity (Wildman–Crippen MR) is 94.9 cm³/mol. The number of nitrogens with zero attached hydrogens (tertiary/aromatic N) is 1. The molecule has 1 unspecified atom stereocenters. The van der Waals surface area contributed by atoms with Crippen LogP contribution in [0.15, 0.2) is 18.2 Å². The molecule has 0 radical (unpaired) electrons. The first-order valence-corrected chi connectivity index (χ1v) is 8.75. The zero-order valence-corrected chi connectivity index (χ0v) is 14.5. The van der Waals surface area contributed by atoms with E-state index < -0.39 is 6.10 Å². The van der Waals surface area contributed by atoms with Gasteiger partial charge in [0.05, 0.1) is 17.5 Å². The summed E-state index contributed by atoms with van der Waals surface area (Å²) in [7, 11) is 0. The van der Waals surface area contributed by atoms with E-state index >= 15 is 0 Å². The van der Waals surface area contributed by atoms with Crippen molar-refractivity contribution in [2.45, 2.75) is 45.6 Å². The molecule has 1 saturated heterocycles. The Bertz CT molecular complexity index is 545. The van der Waals surface area contributed by atoms with Crippen LogP contribution in [0, 0.1) is 11.7 Å². The second kappa shape index (κ2) is 8.87. The molecule has 6 heteroatoms. The molecule has 1 aliphatic heterocycles. The van der Waals surface area contributed by atoms with E-state index in [1.54, 1.807) is 6.07 Å². The van der Waals surface area contributed by atoms with Crippen molar-refractivity contribution in [3.05, 3.63) is 24.0 Å². The second-order valence-corrected chi connectivity index (χ2v) is 6.69. The molecule has 0 bridgehead atoms. The van der Waals surface area contributed by atoms with Crippen LogP contribution in [0.2, 0.25) is 0 Å². The molecule has 0 saturated carbocycles. The number of aliphatic hydroxyl groups is 1. The van der Waals surface area contributed by atoms with Gasteiger partial charge in [-0.1, -0.05) is 13.8 Å². The van der Waals surface area contributed by atoms with E-state index in [9.17, 15) is 14.3 Å². The Hall–Kier alpha value is -1.82. The molecule has 1 aromatic rings. The Labute approximate surface area is 143 Å². The normalized spacial score (nSPS) is 16.1. The van der Waals surface area contributed by atoms with Crippen LogP contribution < -0.4 is 15.5 Å². The van der Waals surface area contributed by atoms with Crippen LogP contribution >= 0.6 is 0 Å². The number of urea groups is 1. The minimum atomic E-state index is -0.441. The van der Waals surface area contributed by atoms with Gasteiger partial charge in [-0.15, -0.1) is 0 Å². The van der Waals surface area contributed by atoms with Crippen LogP contribution in [0.3, 0.4) is 0 Å². The number of aliphatic hydroxyl groups excluding tert-OH is 1. The van der Waals surface area contributed by atoms with Gasteiger partial charge in [-0.05, 0) is 49.8 Å². The molecule has 134 valence electrons. The first-order valence-electron chi connectivity index (χ1n) is 8.75. The maximum absolute atomic E-state index is 13.6. The third kappa shape index (κ3) is 5.37. The van der Waals surface area contributed by atoms with Gasteiger partial charge in [0, 0.05) is 19.6 Å². The summed E-state index contributed by atoms with van der Waals surface area (Å²) in [6.45, 7) is 6.08. The van der Waals surface area contributed by atoms with Crippen molar-refractivity contribution in [1.29, 1.82) is 0 Å². The zero-order valence-electron chi connectivity index (χ0n) is 14.5. The number of benzene rings is 1. The number of nitrogens with one attached hydrogen (secondary N) is 2. The van der Waals surface area contributed by atoms with Gasteiger partial charge in [0.25, 0.3) is 0 Å². The van der Waals surface area contributed by atoms with Gasteiger partial charge < -0.3 is 20.6 Å². The van der Waals surface area contributed by atoms with E-state index in [-0.39, 0.29) is 17.8 Å². The number of hydrogen-bond acceptors (Lipinski definition) is 3. The van der Waals surface area contributed by atoms with Crippen molar-refractivity contribution >= 4 is 17.4 Å². The Kier molecular flexibility index (Phi) is 6.85. The smallest absolute Gasteiger partial charge is 0.319 e. The topological polar surface area (TPSA) is 64.6 Å². The summed E-state index contributed by atoms with van der Waals surface area (Å²) in [4.78, 5) is 14.2. The molecule has 5 nitrogen and oxygen atoms in total. The second-order valence-electron chi connectivity index (χ2n) is 6.69. The molecule has 2 amide bonds. The number of rotatable bonds is 6. The van der Waals surface area contributed by atoms with E-state index in [1.807, 2.05) is 13.8 Å². The third-order valence-corrected chi connectivity index (χ3v) is 4.40. The summed E-state index contributed by atoms with van der Waals surface area (Å²) in [5.41, 5.74) is 1.34. The minimum Gasteiger partial charge on any atom is -0.393 e. The highest BCUT2D eigenvalue weighted by atomic mass is 19.1. The molecule has 3 N–H and O–H groups in total. The van der Waals surface area contributed by atoms with Crippen LogP contribution in [-0.2, 0) is 0 Å². The van der Waals surface area contributed by atoms with Gasteiger partial charge in [-0.3, -0.25) is 0 Å². The average Bonchev–Trinajstić information content (AvgIpc) is 2.55. The van der Waals surface area contributed by atoms with Gasteiger partial charge in [0.1, 0.15) is 5.82 Å². The largest absolute Gasteiger partial charge is 0.393 e. The van der Waals surface area contributed by atoms with Gasteiger partial charge >= 0.3 is 6.03 Å². The molecule has 24 heavy (non-hydrogen) atoms. The molecule has 2 rings (SSSR count). The summed E-state index contributed by atoms with van der Waals surface area (Å²) >= 11 is 0. The van der Waals surface area contributed by atoms with E-state index in [2.05, 4.69) is 15.5 Å². The summed E-state index contributed by atoms with van der Waals surface area (Å²) in [5, 5.41) is 15.2. The first-order chi connectivity index (χ1) is 11.5. The maximum atomic E-state index is 13.6. The standard InChI is InChI=1S/C18H28FN3O2/c1-13(2)17(23)8-9-20-18(24)21-15-12-14(19)6-7-16(15)22-10-4-3-5-11-22/h6-7,12-13,17,23H,3-5,8-11H2,1-2H3,(H2,20,21,24). The highest BCUT2D eigenvalue weighted by Gasteiger charge is 2.17. The zero-order chi connectivity index (χ0) is 17.5. The number of piperidine rings is 1. The summed E-state index contributed by atoms with van der Waals surface area (Å²) in [6.07, 6.45) is 3.47. The first kappa shape index (κ1) is 18.5. The monoisotopic (exact) mass is 337 g/mol. The molecule has 0 aliphatic carbocycles. The quantitative estimate of drug-likeness (QED) is 0.746. The summed E-state index contributed by atoms with van der Waals surface area (Å²) < 4.78 is 13.6. The molecule has 0 spiro atoms. The van der Waals surface area contributed by atoms with Crippen LogP contribution in [0.4, 0.5) is 20.6 Å². The van der Waals surface area contributed by atoms with Crippen molar-refractivity contribution in [3.63, 3.8) is 0 Å². The highest BCUT2D eigenvalue weighted by Crippen LogP contribution is 2.29. The molecule has 1 aliphatic rings. The van der Waals surface area contributed by atoms with Crippen molar-refractivity contribution in [3.8, 4) is 0 Å². The van der Waals surface area contributed by atoms with Gasteiger partial charge in [0.15, 0.2) is 0 Å². The van der Waals surface area contributed by atoms with Crippen LogP contribution in [0.1, 0.15) is 39.5 Å². The van der Waals surface area contributed by atoms with Gasteiger partial charge in [-0.2, -0.15) is 0 Å². The lowest BCUT2D eigenvalue weighted by atomic mass is 10.0. The Morgan fingerprint density at radius 3 is 2.67 bits per heavy atom. The van der Waals surface area contributed by atoms with Crippen molar-refractivity contribution in [1.82, 2.24) is 5.32 Å². The third-order valence-electron chi connectivity index (χ3n) is 4.40. The van der Waals surface area contributed by atoms with E-state index in [4.69, 9.17) is 0 Å². The van der Waals surface area contributed by atoms with E-state index in [0.717, 1.165) is 31.6 Å². The molecule has 1 fully saturated rings. The number of carbonyl (C=O) groups excluding carboxylic acids is 1. The highest BCUT2D eigenvalue weighted by molar-refractivity contribution is 5.93. The minimum absolute atomic E-state index is 0.156. The maximum Gasteiger partial charge on any atom is 0.319 e. The predicted octanol–water partition coefficient (Wildman–Crippen LogP) is 3.34. The molecular weight excluding hydrogens is 309 g/mol. The van der Waals surface area contributed by atoms with Crippen molar-refractivity contribution < 1.29 is 14.3 Å². The molecular formula is C18H28FN3O2. The molecule has 1 aromatic carbocycles. The Morgan fingerprint density at radius 1 is 1.29 bits per heavy atom. The lowest BCUT2D eigenvalue weighted by Gasteiger charge is -2.30. The number of amides is 2. The van der Waals surface area contributed by atoms with Crippen LogP contribution in [-0.4, -0.2) is 36.9 Å². The molecule has 1 atom stereocenters. The fourth-order valence-electron chi connectivity index (χ4n) is 2.85. The van der Waals surface area contributed by atoms with Crippen LogP contribution in [0.5, 0.6) is 0 Å². The average molecular weight is 337 g/mol. The number of halogens is 1. The fraction of sp³-hybridized carbons (Fsp3) is 0.611. The lowest BCUT2D eigenvalue weighted by molar-refractivity contribution is 0.117. The SMILES string of the molecule is CC(C)C(O)CCNC(=O)Nc1cc(F)ccc1N1CCCCC1. The summed E-state index contributed by atoms with van der Waals surface area (Å²) in [5.74, 6) is -0.218.